The first-order valence-electron chi connectivity index (χ1n) is 8.24. The number of hydrogen-bond acceptors (Lipinski definition) is 2. The molecule has 2 saturated heterocycles. The number of piperidine rings is 1. The van der Waals surface area contributed by atoms with E-state index in [1.807, 2.05) is 0 Å². The Morgan fingerprint density at radius 1 is 0.944 bits per heavy atom. The van der Waals surface area contributed by atoms with Gasteiger partial charge in [0.1, 0.15) is 0 Å². The summed E-state index contributed by atoms with van der Waals surface area (Å²) >= 11 is 0. The largest absolute Gasteiger partial charge is 0.311 e. The Morgan fingerprint density at radius 3 is 2.33 bits per heavy atom. The number of hydrogen-bond donors (Lipinski definition) is 1. The van der Waals surface area contributed by atoms with Crippen molar-refractivity contribution in [2.24, 2.45) is 5.92 Å². The molecular formula is C16H30N2. The van der Waals surface area contributed by atoms with Crippen molar-refractivity contribution in [3.8, 4) is 0 Å². The normalized spacial score (nSPS) is 44.5. The van der Waals surface area contributed by atoms with Gasteiger partial charge in [0.15, 0.2) is 0 Å². The van der Waals surface area contributed by atoms with Crippen LogP contribution in [0.2, 0.25) is 0 Å². The number of nitrogens with one attached hydrogen (secondary N) is 1. The van der Waals surface area contributed by atoms with E-state index in [9.17, 15) is 0 Å². The summed E-state index contributed by atoms with van der Waals surface area (Å²) in [4.78, 5) is 2.77. The molecule has 0 spiro atoms. The van der Waals surface area contributed by atoms with Crippen molar-refractivity contribution >= 4 is 0 Å². The molecule has 3 rings (SSSR count). The molecule has 2 bridgehead atoms. The van der Waals surface area contributed by atoms with Crippen molar-refractivity contribution in [2.75, 3.05) is 7.05 Å². The molecule has 0 aromatic rings. The topological polar surface area (TPSA) is 15.3 Å². The van der Waals surface area contributed by atoms with Crippen LogP contribution in [0.4, 0.5) is 0 Å². The van der Waals surface area contributed by atoms with Gasteiger partial charge in [0, 0.05) is 24.2 Å². The zero-order chi connectivity index (χ0) is 12.5. The molecule has 4 atom stereocenters. The van der Waals surface area contributed by atoms with Gasteiger partial charge in [-0.15, -0.1) is 0 Å². The van der Waals surface area contributed by atoms with Crippen LogP contribution < -0.4 is 5.32 Å². The summed E-state index contributed by atoms with van der Waals surface area (Å²) in [5, 5.41) is 3.77. The minimum Gasteiger partial charge on any atom is -0.311 e. The van der Waals surface area contributed by atoms with E-state index in [4.69, 9.17) is 0 Å². The highest BCUT2D eigenvalue weighted by atomic mass is 15.2. The highest BCUT2D eigenvalue weighted by molar-refractivity contribution is 4.96. The van der Waals surface area contributed by atoms with Crippen LogP contribution in [0.1, 0.15) is 64.7 Å². The van der Waals surface area contributed by atoms with E-state index in [0.29, 0.717) is 0 Å². The van der Waals surface area contributed by atoms with E-state index in [-0.39, 0.29) is 0 Å². The van der Waals surface area contributed by atoms with Crippen LogP contribution in [0.15, 0.2) is 0 Å². The van der Waals surface area contributed by atoms with Crippen molar-refractivity contribution in [1.29, 1.82) is 0 Å². The monoisotopic (exact) mass is 250 g/mol. The lowest BCUT2D eigenvalue weighted by molar-refractivity contribution is 0.0841. The second-order valence-electron chi connectivity index (χ2n) is 7.02. The van der Waals surface area contributed by atoms with E-state index in [1.165, 1.54) is 57.8 Å². The van der Waals surface area contributed by atoms with Gasteiger partial charge in [0.25, 0.3) is 0 Å². The number of rotatable bonds is 3. The van der Waals surface area contributed by atoms with Gasteiger partial charge in [0.2, 0.25) is 0 Å². The van der Waals surface area contributed by atoms with Crippen LogP contribution in [0.5, 0.6) is 0 Å². The lowest BCUT2D eigenvalue weighted by atomic mass is 9.82. The van der Waals surface area contributed by atoms with Gasteiger partial charge in [0.05, 0.1) is 0 Å². The van der Waals surface area contributed by atoms with Crippen molar-refractivity contribution < 1.29 is 0 Å². The third-order valence-electron chi connectivity index (χ3n) is 5.93. The summed E-state index contributed by atoms with van der Waals surface area (Å²) in [6.45, 7) is 2.37. The third kappa shape index (κ3) is 2.60. The summed E-state index contributed by atoms with van der Waals surface area (Å²) in [5.74, 6) is 1.00. The molecule has 2 heterocycles. The van der Waals surface area contributed by atoms with Crippen LogP contribution in [0, 0.1) is 5.92 Å². The highest BCUT2D eigenvalue weighted by Gasteiger charge is 2.37. The average Bonchev–Trinajstić information content (AvgIpc) is 2.76. The summed E-state index contributed by atoms with van der Waals surface area (Å²) in [7, 11) is 2.41. The van der Waals surface area contributed by atoms with E-state index in [1.54, 1.807) is 0 Å². The van der Waals surface area contributed by atoms with Gasteiger partial charge in [-0.1, -0.05) is 26.2 Å². The Morgan fingerprint density at radius 2 is 1.67 bits per heavy atom. The average molecular weight is 250 g/mol. The summed E-state index contributed by atoms with van der Waals surface area (Å²) in [6, 6.07) is 3.42. The smallest absolute Gasteiger partial charge is 0.0125 e. The fraction of sp³-hybridized carbons (Fsp3) is 1.00. The first-order chi connectivity index (χ1) is 8.76. The molecule has 1 N–H and O–H groups in total. The van der Waals surface area contributed by atoms with E-state index < -0.39 is 0 Å². The van der Waals surface area contributed by atoms with E-state index in [0.717, 1.165) is 30.1 Å². The second-order valence-corrected chi connectivity index (χ2v) is 7.02. The molecule has 1 aliphatic carbocycles. The maximum Gasteiger partial charge on any atom is 0.0125 e. The van der Waals surface area contributed by atoms with E-state index >= 15 is 0 Å². The molecule has 1 saturated carbocycles. The lowest BCUT2D eigenvalue weighted by Gasteiger charge is -2.42. The van der Waals surface area contributed by atoms with Gasteiger partial charge in [-0.25, -0.2) is 0 Å². The molecule has 2 aliphatic heterocycles. The van der Waals surface area contributed by atoms with Crippen molar-refractivity contribution in [3.05, 3.63) is 0 Å². The third-order valence-corrected chi connectivity index (χ3v) is 5.93. The van der Waals surface area contributed by atoms with E-state index in [2.05, 4.69) is 24.2 Å². The molecule has 18 heavy (non-hydrogen) atoms. The van der Waals surface area contributed by atoms with Gasteiger partial charge in [-0.3, -0.25) is 0 Å². The van der Waals surface area contributed by atoms with Gasteiger partial charge >= 0.3 is 0 Å². The lowest BCUT2D eigenvalue weighted by Crippen LogP contribution is -2.50. The zero-order valence-electron chi connectivity index (χ0n) is 12.2. The number of nitrogens with zero attached hydrogens (tertiary/aromatic N) is 1. The summed E-state index contributed by atoms with van der Waals surface area (Å²) in [5.41, 5.74) is 0. The molecular weight excluding hydrogens is 220 g/mol. The van der Waals surface area contributed by atoms with Crippen LogP contribution in [0.25, 0.3) is 0 Å². The van der Waals surface area contributed by atoms with Crippen molar-refractivity contribution in [3.63, 3.8) is 0 Å². The van der Waals surface area contributed by atoms with Crippen LogP contribution in [0.3, 0.4) is 0 Å². The molecule has 4 unspecified atom stereocenters. The minimum absolute atomic E-state index is 0.835. The maximum absolute atomic E-state index is 3.77. The predicted octanol–water partition coefficient (Wildman–Crippen LogP) is 3.17. The second kappa shape index (κ2) is 5.50. The zero-order valence-corrected chi connectivity index (χ0v) is 12.2. The van der Waals surface area contributed by atoms with Gasteiger partial charge in [-0.05, 0) is 51.5 Å². The van der Waals surface area contributed by atoms with Gasteiger partial charge in [-0.2, -0.15) is 0 Å². The standard InChI is InChI=1S/C16H30N2/c1-3-12-5-4-6-15(9-12)18(2)16-10-13-7-8-14(11-16)17-13/h12-17H,3-11H2,1-2H3. The molecule has 2 nitrogen and oxygen atoms in total. The Kier molecular flexibility index (Phi) is 3.95. The molecule has 2 heteroatoms. The molecule has 0 aromatic heterocycles. The first-order valence-corrected chi connectivity index (χ1v) is 8.24. The Bertz CT molecular complexity index is 266. The maximum atomic E-state index is 3.77. The van der Waals surface area contributed by atoms with Crippen molar-refractivity contribution in [1.82, 2.24) is 10.2 Å². The molecule has 0 amide bonds. The molecule has 104 valence electrons. The highest BCUT2D eigenvalue weighted by Crippen LogP contribution is 2.34. The summed E-state index contributed by atoms with van der Waals surface area (Å²) < 4.78 is 0. The molecule has 3 aliphatic rings. The first kappa shape index (κ1) is 12.9. The van der Waals surface area contributed by atoms with Crippen LogP contribution >= 0.6 is 0 Å². The fourth-order valence-electron chi connectivity index (χ4n) is 4.66. The van der Waals surface area contributed by atoms with Gasteiger partial charge < -0.3 is 10.2 Å². The van der Waals surface area contributed by atoms with Crippen LogP contribution in [-0.4, -0.2) is 36.1 Å². The Balaban J connectivity index is 1.58. The quantitative estimate of drug-likeness (QED) is 0.827. The molecule has 0 aromatic carbocycles. The predicted molar refractivity (Wildman–Crippen MR) is 76.8 cm³/mol. The number of fused-ring (bicyclic) bond motifs is 2. The van der Waals surface area contributed by atoms with Crippen molar-refractivity contribution in [2.45, 2.75) is 88.9 Å². The van der Waals surface area contributed by atoms with Crippen LogP contribution in [-0.2, 0) is 0 Å². The Hall–Kier alpha value is -0.0800. The molecule has 0 radical (unpaired) electrons. The summed E-state index contributed by atoms with van der Waals surface area (Å²) in [6.07, 6.45) is 12.9. The minimum atomic E-state index is 0.835. The SMILES string of the molecule is CCC1CCCC(N(C)C2CC3CCC(C2)N3)C1. The fourth-order valence-corrected chi connectivity index (χ4v) is 4.66. The molecule has 3 fully saturated rings. The Labute approximate surface area is 113 Å².